The zero-order valence-corrected chi connectivity index (χ0v) is 13.7. The number of nitrogens with two attached hydrogens (primary N) is 1. The maximum absolute atomic E-state index is 12.3. The van der Waals surface area contributed by atoms with Crippen molar-refractivity contribution >= 4 is 50.5 Å². The second kappa shape index (κ2) is 6.42. The average Bonchev–Trinajstić information content (AvgIpc) is 2.36. The van der Waals surface area contributed by atoms with E-state index in [-0.39, 0.29) is 17.1 Å². The van der Waals surface area contributed by atoms with E-state index in [0.29, 0.717) is 20.6 Å². The lowest BCUT2D eigenvalue weighted by molar-refractivity contribution is 0.601. The van der Waals surface area contributed by atoms with Gasteiger partial charge in [-0.1, -0.05) is 40.9 Å². The molecule has 3 N–H and O–H groups in total. The number of anilines is 1. The van der Waals surface area contributed by atoms with Gasteiger partial charge in [-0.15, -0.1) is 0 Å². The molecule has 0 radical (unpaired) electrons. The summed E-state index contributed by atoms with van der Waals surface area (Å²) in [6, 6.07) is 8.78. The van der Waals surface area contributed by atoms with Gasteiger partial charge in [0.25, 0.3) is 10.0 Å². The smallest absolute Gasteiger partial charge is 0.261 e. The molecule has 112 valence electrons. The highest BCUT2D eigenvalue weighted by atomic mass is 35.5. The number of nitrogens with one attached hydrogen (secondary N) is 1. The van der Waals surface area contributed by atoms with Crippen molar-refractivity contribution in [1.29, 1.82) is 0 Å². The Labute approximate surface area is 137 Å². The van der Waals surface area contributed by atoms with Crippen LogP contribution < -0.4 is 10.5 Å². The van der Waals surface area contributed by atoms with Crippen molar-refractivity contribution in [3.63, 3.8) is 0 Å². The lowest BCUT2D eigenvalue weighted by atomic mass is 10.2. The van der Waals surface area contributed by atoms with Gasteiger partial charge >= 0.3 is 0 Å². The van der Waals surface area contributed by atoms with Crippen LogP contribution in [0.25, 0.3) is 0 Å². The minimum Gasteiger partial charge on any atom is -0.326 e. The predicted molar refractivity (Wildman–Crippen MR) is 86.6 cm³/mol. The third-order valence-corrected chi connectivity index (χ3v) is 4.84. The predicted octanol–water partition coefficient (Wildman–Crippen LogP) is 3.91. The molecule has 0 amide bonds. The maximum atomic E-state index is 12.3. The molecule has 0 atom stereocenters. The molecule has 0 saturated carbocycles. The van der Waals surface area contributed by atoms with E-state index in [1.54, 1.807) is 6.07 Å². The number of sulfonamides is 1. The number of benzene rings is 2. The van der Waals surface area contributed by atoms with Gasteiger partial charge in [0.2, 0.25) is 0 Å². The fourth-order valence-corrected chi connectivity index (χ4v) is 3.60. The van der Waals surface area contributed by atoms with E-state index in [4.69, 9.17) is 40.5 Å². The Hall–Kier alpha value is -0.980. The molecule has 0 bridgehead atoms. The second-order valence-electron chi connectivity index (χ2n) is 4.22. The molecule has 0 aliphatic carbocycles. The fourth-order valence-electron chi connectivity index (χ4n) is 1.69. The first-order valence-electron chi connectivity index (χ1n) is 5.79. The van der Waals surface area contributed by atoms with Crippen LogP contribution in [0.1, 0.15) is 5.56 Å². The molecule has 0 aromatic heterocycles. The molecule has 0 unspecified atom stereocenters. The van der Waals surface area contributed by atoms with E-state index in [2.05, 4.69) is 4.72 Å². The first kappa shape index (κ1) is 16.4. The zero-order valence-electron chi connectivity index (χ0n) is 10.6. The Kier molecular flexibility index (Phi) is 5.01. The molecule has 8 heteroatoms. The molecular formula is C13H11Cl3N2O2S. The summed E-state index contributed by atoms with van der Waals surface area (Å²) in [5, 5.41) is 0.956. The van der Waals surface area contributed by atoms with E-state index in [1.165, 1.54) is 30.3 Å². The molecule has 0 heterocycles. The Morgan fingerprint density at radius 2 is 1.62 bits per heavy atom. The Morgan fingerprint density at radius 1 is 1.00 bits per heavy atom. The summed E-state index contributed by atoms with van der Waals surface area (Å²) in [4.78, 5) is 0.0285. The number of rotatable bonds is 4. The van der Waals surface area contributed by atoms with Crippen molar-refractivity contribution in [1.82, 2.24) is 0 Å². The van der Waals surface area contributed by atoms with E-state index in [9.17, 15) is 8.42 Å². The van der Waals surface area contributed by atoms with Crippen LogP contribution in [-0.4, -0.2) is 8.42 Å². The van der Waals surface area contributed by atoms with Gasteiger partial charge in [-0.05, 0) is 35.9 Å². The zero-order chi connectivity index (χ0) is 15.6. The lowest BCUT2D eigenvalue weighted by Gasteiger charge is -2.10. The summed E-state index contributed by atoms with van der Waals surface area (Å²) in [6.45, 7) is 0.233. The highest BCUT2D eigenvalue weighted by molar-refractivity contribution is 7.92. The molecular weight excluding hydrogens is 355 g/mol. The number of hydrogen-bond donors (Lipinski definition) is 2. The summed E-state index contributed by atoms with van der Waals surface area (Å²) in [5.74, 6) is 0. The van der Waals surface area contributed by atoms with Crippen molar-refractivity contribution in [3.05, 3.63) is 57.0 Å². The first-order valence-corrected chi connectivity index (χ1v) is 8.41. The normalized spacial score (nSPS) is 11.4. The lowest BCUT2D eigenvalue weighted by Crippen LogP contribution is -2.13. The second-order valence-corrected chi connectivity index (χ2v) is 7.18. The van der Waals surface area contributed by atoms with Crippen molar-refractivity contribution in [2.75, 3.05) is 4.72 Å². The summed E-state index contributed by atoms with van der Waals surface area (Å²) >= 11 is 17.6. The van der Waals surface area contributed by atoms with Crippen LogP contribution in [0.5, 0.6) is 0 Å². The van der Waals surface area contributed by atoms with Crippen LogP contribution in [0.15, 0.2) is 41.3 Å². The van der Waals surface area contributed by atoms with Crippen LogP contribution in [0.4, 0.5) is 5.69 Å². The van der Waals surface area contributed by atoms with E-state index < -0.39 is 10.0 Å². The van der Waals surface area contributed by atoms with E-state index in [0.717, 1.165) is 0 Å². The first-order chi connectivity index (χ1) is 9.81. The topological polar surface area (TPSA) is 72.2 Å². The third-order valence-electron chi connectivity index (χ3n) is 2.67. The van der Waals surface area contributed by atoms with E-state index in [1.807, 2.05) is 0 Å². The molecule has 2 aromatic rings. The van der Waals surface area contributed by atoms with Crippen molar-refractivity contribution in [2.24, 2.45) is 5.73 Å². The number of halogens is 3. The molecule has 2 rings (SSSR count). The minimum absolute atomic E-state index is 0.0285. The molecule has 0 aliphatic rings. The largest absolute Gasteiger partial charge is 0.326 e. The van der Waals surface area contributed by atoms with Crippen LogP contribution in [-0.2, 0) is 16.6 Å². The molecule has 21 heavy (non-hydrogen) atoms. The van der Waals surface area contributed by atoms with Gasteiger partial charge in [0.15, 0.2) is 0 Å². The molecule has 2 aromatic carbocycles. The third kappa shape index (κ3) is 4.02. The summed E-state index contributed by atoms with van der Waals surface area (Å²) in [7, 11) is -3.79. The van der Waals surface area contributed by atoms with E-state index >= 15 is 0 Å². The molecule has 0 fully saturated rings. The van der Waals surface area contributed by atoms with Crippen molar-refractivity contribution in [2.45, 2.75) is 11.4 Å². The van der Waals surface area contributed by atoms with Gasteiger partial charge in [0.05, 0.1) is 10.6 Å². The fraction of sp³-hybridized carbons (Fsp3) is 0.0769. The van der Waals surface area contributed by atoms with Crippen LogP contribution in [0.3, 0.4) is 0 Å². The highest BCUT2D eigenvalue weighted by Crippen LogP contribution is 2.26. The van der Waals surface area contributed by atoms with Crippen LogP contribution >= 0.6 is 34.8 Å². The standard InChI is InChI=1S/C13H11Cl3N2O2S/c14-9-3-10(15)5-11(4-9)18-21(19,20)12-2-1-8(7-17)13(16)6-12/h1-6,18H,7,17H2. The summed E-state index contributed by atoms with van der Waals surface area (Å²) in [5.41, 5.74) is 6.43. The van der Waals surface area contributed by atoms with Gasteiger partial charge < -0.3 is 5.73 Å². The Morgan fingerprint density at radius 3 is 2.14 bits per heavy atom. The highest BCUT2D eigenvalue weighted by Gasteiger charge is 2.16. The molecule has 0 saturated heterocycles. The molecule has 0 aliphatic heterocycles. The molecule has 4 nitrogen and oxygen atoms in total. The SMILES string of the molecule is NCc1ccc(S(=O)(=O)Nc2cc(Cl)cc(Cl)c2)cc1Cl. The van der Waals surface area contributed by atoms with Gasteiger partial charge in [-0.25, -0.2) is 8.42 Å². The van der Waals surface area contributed by atoms with Gasteiger partial charge in [-0.2, -0.15) is 0 Å². The minimum atomic E-state index is -3.79. The van der Waals surface area contributed by atoms with Crippen molar-refractivity contribution in [3.8, 4) is 0 Å². The molecule has 0 spiro atoms. The monoisotopic (exact) mass is 364 g/mol. The summed E-state index contributed by atoms with van der Waals surface area (Å²) < 4.78 is 27.0. The maximum Gasteiger partial charge on any atom is 0.261 e. The summed E-state index contributed by atoms with van der Waals surface area (Å²) in [6.07, 6.45) is 0. The van der Waals surface area contributed by atoms with Crippen molar-refractivity contribution < 1.29 is 8.42 Å². The number of hydrogen-bond acceptors (Lipinski definition) is 3. The quantitative estimate of drug-likeness (QED) is 0.863. The average molecular weight is 366 g/mol. The van der Waals surface area contributed by atoms with Gasteiger partial charge in [0, 0.05) is 21.6 Å². The van der Waals surface area contributed by atoms with Gasteiger partial charge in [-0.3, -0.25) is 4.72 Å². The van der Waals surface area contributed by atoms with Crippen LogP contribution in [0, 0.1) is 0 Å². The Bertz CT molecular complexity index is 759. The van der Waals surface area contributed by atoms with Gasteiger partial charge in [0.1, 0.15) is 0 Å². The Balaban J connectivity index is 2.36. The van der Waals surface area contributed by atoms with Crippen LogP contribution in [0.2, 0.25) is 15.1 Å².